The summed E-state index contributed by atoms with van der Waals surface area (Å²) < 4.78 is 1.12. The number of hydrogen-bond donors (Lipinski definition) is 2. The summed E-state index contributed by atoms with van der Waals surface area (Å²) >= 11 is 3.56. The van der Waals surface area contributed by atoms with Crippen LogP contribution in [0.2, 0.25) is 0 Å². The van der Waals surface area contributed by atoms with Gasteiger partial charge in [0.15, 0.2) is 0 Å². The van der Waals surface area contributed by atoms with Gasteiger partial charge in [0.25, 0.3) is 0 Å². The maximum Gasteiger partial charge on any atom is 0.124 e. The van der Waals surface area contributed by atoms with Crippen molar-refractivity contribution in [2.45, 2.75) is 51.1 Å². The number of hydrogen-bond acceptors (Lipinski definition) is 2. The second kappa shape index (κ2) is 4.85. The fourth-order valence-corrected chi connectivity index (χ4v) is 4.53. The van der Waals surface area contributed by atoms with E-state index in [-0.39, 0.29) is 0 Å². The lowest BCUT2D eigenvalue weighted by molar-refractivity contribution is 0.325. The van der Waals surface area contributed by atoms with Crippen LogP contribution in [-0.2, 0) is 0 Å². The number of halogens is 1. The molecule has 1 aromatic carbocycles. The highest BCUT2D eigenvalue weighted by molar-refractivity contribution is 9.10. The standard InChI is InChI=1S/C16H20BrN3/c1-9-6-11(17)8-13-15(9)20-16(19-13)14-7-10-4-2-3-5-12(10)18-14/h6,8,10,12,14,18H,2-5,7H2,1H3,(H,19,20). The molecule has 3 atom stereocenters. The van der Waals surface area contributed by atoms with Crippen molar-refractivity contribution < 1.29 is 0 Å². The number of rotatable bonds is 1. The fourth-order valence-electron chi connectivity index (χ4n) is 3.96. The molecular formula is C16H20BrN3. The molecular weight excluding hydrogens is 314 g/mol. The number of nitrogens with one attached hydrogen (secondary N) is 2. The van der Waals surface area contributed by atoms with Gasteiger partial charge in [-0.3, -0.25) is 0 Å². The third-order valence-electron chi connectivity index (χ3n) is 4.95. The van der Waals surface area contributed by atoms with Crippen molar-refractivity contribution in [2.75, 3.05) is 0 Å². The monoisotopic (exact) mass is 333 g/mol. The first kappa shape index (κ1) is 12.8. The van der Waals surface area contributed by atoms with Crippen LogP contribution in [0.4, 0.5) is 0 Å². The van der Waals surface area contributed by atoms with Crippen LogP contribution in [0.1, 0.15) is 49.5 Å². The highest BCUT2D eigenvalue weighted by Gasteiger charge is 2.36. The molecule has 1 aromatic heterocycles. The highest BCUT2D eigenvalue weighted by Crippen LogP contribution is 2.39. The fraction of sp³-hybridized carbons (Fsp3) is 0.562. The zero-order valence-corrected chi connectivity index (χ0v) is 13.3. The molecule has 1 saturated heterocycles. The lowest BCUT2D eigenvalue weighted by atomic mass is 9.85. The van der Waals surface area contributed by atoms with E-state index in [0.717, 1.165) is 33.3 Å². The maximum atomic E-state index is 4.85. The predicted molar refractivity (Wildman–Crippen MR) is 84.8 cm³/mol. The van der Waals surface area contributed by atoms with Crippen molar-refractivity contribution in [2.24, 2.45) is 5.92 Å². The molecule has 1 aliphatic heterocycles. The first-order chi connectivity index (χ1) is 9.70. The molecule has 2 aromatic rings. The topological polar surface area (TPSA) is 40.7 Å². The summed E-state index contributed by atoms with van der Waals surface area (Å²) in [5, 5.41) is 3.80. The third-order valence-corrected chi connectivity index (χ3v) is 5.41. The minimum Gasteiger partial charge on any atom is -0.341 e. The van der Waals surface area contributed by atoms with Crippen LogP contribution in [0.5, 0.6) is 0 Å². The van der Waals surface area contributed by atoms with Crippen LogP contribution in [0, 0.1) is 12.8 Å². The molecule has 2 heterocycles. The van der Waals surface area contributed by atoms with Crippen molar-refractivity contribution >= 4 is 27.0 Å². The van der Waals surface area contributed by atoms with Crippen molar-refractivity contribution in [3.63, 3.8) is 0 Å². The second-order valence-electron chi connectivity index (χ2n) is 6.35. The van der Waals surface area contributed by atoms with Gasteiger partial charge in [0.05, 0.1) is 17.1 Å². The largest absolute Gasteiger partial charge is 0.341 e. The molecule has 3 unspecified atom stereocenters. The Bertz CT molecular complexity index is 634. The second-order valence-corrected chi connectivity index (χ2v) is 7.26. The smallest absolute Gasteiger partial charge is 0.124 e. The van der Waals surface area contributed by atoms with Crippen LogP contribution in [0.25, 0.3) is 11.0 Å². The van der Waals surface area contributed by atoms with E-state index in [0.29, 0.717) is 6.04 Å². The van der Waals surface area contributed by atoms with Crippen molar-refractivity contribution in [1.29, 1.82) is 0 Å². The minimum absolute atomic E-state index is 0.411. The summed E-state index contributed by atoms with van der Waals surface area (Å²) in [6.45, 7) is 2.12. The number of H-pyrrole nitrogens is 1. The molecule has 0 bridgehead atoms. The van der Waals surface area contributed by atoms with Crippen LogP contribution < -0.4 is 5.32 Å². The number of imidazole rings is 1. The summed E-state index contributed by atoms with van der Waals surface area (Å²) in [6, 6.07) is 5.39. The van der Waals surface area contributed by atoms with Crippen LogP contribution >= 0.6 is 15.9 Å². The maximum absolute atomic E-state index is 4.85. The molecule has 3 nitrogen and oxygen atoms in total. The van der Waals surface area contributed by atoms with E-state index in [1.54, 1.807) is 0 Å². The van der Waals surface area contributed by atoms with Gasteiger partial charge in [0.2, 0.25) is 0 Å². The molecule has 2 N–H and O–H groups in total. The van der Waals surface area contributed by atoms with E-state index < -0.39 is 0 Å². The Balaban J connectivity index is 1.67. The van der Waals surface area contributed by atoms with E-state index in [1.165, 1.54) is 37.7 Å². The van der Waals surface area contributed by atoms with Gasteiger partial charge in [-0.1, -0.05) is 28.8 Å². The summed E-state index contributed by atoms with van der Waals surface area (Å²) in [6.07, 6.45) is 6.75. The number of benzene rings is 1. The Hall–Kier alpha value is -0.870. The summed E-state index contributed by atoms with van der Waals surface area (Å²) in [4.78, 5) is 8.38. The van der Waals surface area contributed by atoms with Gasteiger partial charge >= 0.3 is 0 Å². The van der Waals surface area contributed by atoms with Crippen LogP contribution in [-0.4, -0.2) is 16.0 Å². The van der Waals surface area contributed by atoms with Crippen LogP contribution in [0.15, 0.2) is 16.6 Å². The van der Waals surface area contributed by atoms with Gasteiger partial charge in [-0.15, -0.1) is 0 Å². The number of aromatic nitrogens is 2. The van der Waals surface area contributed by atoms with Gasteiger partial charge in [-0.25, -0.2) is 4.98 Å². The van der Waals surface area contributed by atoms with E-state index in [2.05, 4.69) is 45.3 Å². The lowest BCUT2D eigenvalue weighted by Gasteiger charge is -2.24. The first-order valence-corrected chi connectivity index (χ1v) is 8.42. The van der Waals surface area contributed by atoms with Gasteiger partial charge in [-0.2, -0.15) is 0 Å². The Morgan fingerprint density at radius 2 is 2.10 bits per heavy atom. The first-order valence-electron chi connectivity index (χ1n) is 7.62. The Morgan fingerprint density at radius 1 is 1.25 bits per heavy atom. The number of fused-ring (bicyclic) bond motifs is 2. The minimum atomic E-state index is 0.411. The zero-order valence-electron chi connectivity index (χ0n) is 11.7. The summed E-state index contributed by atoms with van der Waals surface area (Å²) in [5.41, 5.74) is 3.48. The van der Waals surface area contributed by atoms with E-state index in [9.17, 15) is 0 Å². The number of nitrogens with zero attached hydrogens (tertiary/aromatic N) is 1. The summed E-state index contributed by atoms with van der Waals surface area (Å²) in [5.74, 6) is 1.98. The van der Waals surface area contributed by atoms with Crippen molar-refractivity contribution in [1.82, 2.24) is 15.3 Å². The molecule has 0 amide bonds. The molecule has 0 radical (unpaired) electrons. The van der Waals surface area contributed by atoms with E-state index in [4.69, 9.17) is 4.98 Å². The van der Waals surface area contributed by atoms with Crippen LogP contribution in [0.3, 0.4) is 0 Å². The molecule has 0 spiro atoms. The average molecular weight is 334 g/mol. The SMILES string of the molecule is Cc1cc(Br)cc2[nH]c(C3CC4CCCCC4N3)nc12. The number of aromatic amines is 1. The molecule has 1 saturated carbocycles. The quantitative estimate of drug-likeness (QED) is 0.819. The molecule has 20 heavy (non-hydrogen) atoms. The predicted octanol–water partition coefficient (Wildman–Crippen LogP) is 4.23. The molecule has 4 rings (SSSR count). The average Bonchev–Trinajstić information content (AvgIpc) is 3.01. The number of aryl methyl sites for hydroxylation is 1. The Kier molecular flexibility index (Phi) is 3.11. The van der Waals surface area contributed by atoms with Gasteiger partial charge in [-0.05, 0) is 49.8 Å². The summed E-state index contributed by atoms with van der Waals surface area (Å²) in [7, 11) is 0. The molecule has 2 aliphatic rings. The molecule has 2 fully saturated rings. The molecule has 1 aliphatic carbocycles. The third kappa shape index (κ3) is 2.09. The Labute approximate surface area is 127 Å². The van der Waals surface area contributed by atoms with Gasteiger partial charge in [0.1, 0.15) is 5.82 Å². The van der Waals surface area contributed by atoms with E-state index in [1.807, 2.05) is 0 Å². The van der Waals surface area contributed by atoms with E-state index >= 15 is 0 Å². The Morgan fingerprint density at radius 3 is 2.95 bits per heavy atom. The van der Waals surface area contributed by atoms with Crippen molar-refractivity contribution in [3.8, 4) is 0 Å². The van der Waals surface area contributed by atoms with Gasteiger partial charge in [0, 0.05) is 10.5 Å². The lowest BCUT2D eigenvalue weighted by Crippen LogP contribution is -2.30. The highest BCUT2D eigenvalue weighted by atomic mass is 79.9. The van der Waals surface area contributed by atoms with Crippen molar-refractivity contribution in [3.05, 3.63) is 28.0 Å². The molecule has 4 heteroatoms. The normalized spacial score (nSPS) is 29.8. The van der Waals surface area contributed by atoms with Gasteiger partial charge < -0.3 is 10.3 Å². The molecule has 106 valence electrons. The zero-order chi connectivity index (χ0) is 13.7.